The predicted molar refractivity (Wildman–Crippen MR) is 112 cm³/mol. The van der Waals surface area contributed by atoms with Crippen molar-refractivity contribution in [3.8, 4) is 23.0 Å². The maximum absolute atomic E-state index is 5.41. The molecule has 8 heteroatoms. The lowest BCUT2D eigenvalue weighted by atomic mass is 10.2. The summed E-state index contributed by atoms with van der Waals surface area (Å²) in [5.41, 5.74) is 2.31. The fourth-order valence-corrected chi connectivity index (χ4v) is 2.86. The van der Waals surface area contributed by atoms with Gasteiger partial charge in [0.2, 0.25) is 11.7 Å². The molecule has 0 aliphatic rings. The van der Waals surface area contributed by atoms with Gasteiger partial charge in [-0.05, 0) is 19.1 Å². The smallest absolute Gasteiger partial charge is 0.229 e. The molecule has 0 saturated heterocycles. The first kappa shape index (κ1) is 20.1. The highest BCUT2D eigenvalue weighted by atomic mass is 16.5. The molecule has 0 radical (unpaired) electrons. The van der Waals surface area contributed by atoms with Crippen LogP contribution in [0.2, 0.25) is 0 Å². The molecule has 0 amide bonds. The van der Waals surface area contributed by atoms with Crippen LogP contribution < -0.4 is 29.6 Å². The Balaban J connectivity index is 1.91. The molecule has 2 aromatic carbocycles. The highest BCUT2D eigenvalue weighted by Crippen LogP contribution is 2.40. The Hall–Kier alpha value is -3.68. The Kier molecular flexibility index (Phi) is 6.23. The van der Waals surface area contributed by atoms with Gasteiger partial charge in [0.05, 0.1) is 34.1 Å². The average molecular weight is 396 g/mol. The van der Waals surface area contributed by atoms with Crippen LogP contribution in [-0.4, -0.2) is 38.4 Å². The van der Waals surface area contributed by atoms with E-state index in [9.17, 15) is 0 Å². The van der Waals surface area contributed by atoms with Gasteiger partial charge in [-0.3, -0.25) is 0 Å². The van der Waals surface area contributed by atoms with Crippen molar-refractivity contribution in [2.45, 2.75) is 6.92 Å². The van der Waals surface area contributed by atoms with Gasteiger partial charge >= 0.3 is 0 Å². The quantitative estimate of drug-likeness (QED) is 0.583. The van der Waals surface area contributed by atoms with Gasteiger partial charge in [-0.1, -0.05) is 12.1 Å². The van der Waals surface area contributed by atoms with Gasteiger partial charge in [-0.15, -0.1) is 0 Å². The van der Waals surface area contributed by atoms with E-state index in [1.807, 2.05) is 49.4 Å². The lowest BCUT2D eigenvalue weighted by molar-refractivity contribution is 0.324. The summed E-state index contributed by atoms with van der Waals surface area (Å²) in [5.74, 6) is 3.39. The van der Waals surface area contributed by atoms with E-state index >= 15 is 0 Å². The fourth-order valence-electron chi connectivity index (χ4n) is 2.86. The second-order valence-electron chi connectivity index (χ2n) is 6.08. The number of para-hydroxylation sites is 2. The van der Waals surface area contributed by atoms with E-state index in [4.69, 9.17) is 18.9 Å². The van der Waals surface area contributed by atoms with Crippen LogP contribution in [-0.2, 0) is 0 Å². The summed E-state index contributed by atoms with van der Waals surface area (Å²) >= 11 is 0. The van der Waals surface area contributed by atoms with Crippen molar-refractivity contribution in [1.82, 2.24) is 9.97 Å². The summed E-state index contributed by atoms with van der Waals surface area (Å²) < 4.78 is 21.5. The van der Waals surface area contributed by atoms with Crippen molar-refractivity contribution in [2.75, 3.05) is 39.1 Å². The molecule has 0 atom stereocenters. The molecule has 0 unspecified atom stereocenters. The maximum Gasteiger partial charge on any atom is 0.229 e. The second-order valence-corrected chi connectivity index (χ2v) is 6.08. The van der Waals surface area contributed by atoms with E-state index in [2.05, 4.69) is 20.6 Å². The SMILES string of the molecule is COc1ccccc1Nc1nc(C)cc(Nc2cc(OC)c(OC)c(OC)c2)n1. The summed E-state index contributed by atoms with van der Waals surface area (Å²) in [6.07, 6.45) is 0. The summed E-state index contributed by atoms with van der Waals surface area (Å²) in [4.78, 5) is 9.01. The molecule has 0 saturated carbocycles. The largest absolute Gasteiger partial charge is 0.495 e. The van der Waals surface area contributed by atoms with Gasteiger partial charge in [0.15, 0.2) is 11.5 Å². The molecular formula is C21H24N4O4. The molecule has 3 aromatic rings. The fraction of sp³-hybridized carbons (Fsp3) is 0.238. The van der Waals surface area contributed by atoms with E-state index in [0.29, 0.717) is 34.8 Å². The number of rotatable bonds is 8. The van der Waals surface area contributed by atoms with Crippen molar-refractivity contribution in [3.63, 3.8) is 0 Å². The molecule has 2 N–H and O–H groups in total. The molecule has 0 aliphatic carbocycles. The van der Waals surface area contributed by atoms with Crippen molar-refractivity contribution in [1.29, 1.82) is 0 Å². The van der Waals surface area contributed by atoms with Crippen molar-refractivity contribution in [3.05, 3.63) is 48.2 Å². The van der Waals surface area contributed by atoms with Gasteiger partial charge in [0, 0.05) is 29.6 Å². The molecule has 3 rings (SSSR count). The molecule has 1 aromatic heterocycles. The first-order chi connectivity index (χ1) is 14.1. The lowest BCUT2D eigenvalue weighted by Gasteiger charge is -2.15. The predicted octanol–water partition coefficient (Wildman–Crippen LogP) is 4.31. The number of aromatic nitrogens is 2. The Labute approximate surface area is 169 Å². The lowest BCUT2D eigenvalue weighted by Crippen LogP contribution is -2.04. The van der Waals surface area contributed by atoms with E-state index < -0.39 is 0 Å². The minimum atomic E-state index is 0.449. The normalized spacial score (nSPS) is 10.2. The van der Waals surface area contributed by atoms with Gasteiger partial charge in [-0.2, -0.15) is 4.98 Å². The number of hydrogen-bond acceptors (Lipinski definition) is 8. The van der Waals surface area contributed by atoms with Crippen LogP contribution in [0.5, 0.6) is 23.0 Å². The van der Waals surface area contributed by atoms with Crippen LogP contribution in [0.4, 0.5) is 23.1 Å². The number of aryl methyl sites for hydroxylation is 1. The Bertz CT molecular complexity index is 969. The van der Waals surface area contributed by atoms with Crippen molar-refractivity contribution in [2.24, 2.45) is 0 Å². The molecule has 0 bridgehead atoms. The van der Waals surface area contributed by atoms with Crippen LogP contribution in [0.3, 0.4) is 0 Å². The highest BCUT2D eigenvalue weighted by molar-refractivity contribution is 5.68. The van der Waals surface area contributed by atoms with E-state index in [1.165, 1.54) is 0 Å². The van der Waals surface area contributed by atoms with Crippen LogP contribution in [0.15, 0.2) is 42.5 Å². The molecule has 152 valence electrons. The topological polar surface area (TPSA) is 86.8 Å². The zero-order chi connectivity index (χ0) is 20.8. The first-order valence-electron chi connectivity index (χ1n) is 8.90. The molecular weight excluding hydrogens is 372 g/mol. The van der Waals surface area contributed by atoms with Crippen LogP contribution in [0.25, 0.3) is 0 Å². The number of ether oxygens (including phenoxy) is 4. The van der Waals surface area contributed by atoms with Gasteiger partial charge in [0.25, 0.3) is 0 Å². The minimum Gasteiger partial charge on any atom is -0.495 e. The third-order valence-electron chi connectivity index (χ3n) is 4.14. The first-order valence-corrected chi connectivity index (χ1v) is 8.90. The van der Waals surface area contributed by atoms with Crippen LogP contribution >= 0.6 is 0 Å². The average Bonchev–Trinajstić information content (AvgIpc) is 2.72. The second kappa shape index (κ2) is 9.01. The summed E-state index contributed by atoms with van der Waals surface area (Å²) in [6.45, 7) is 1.90. The standard InChI is InChI=1S/C21H24N4O4/c1-13-10-19(23-14-11-17(27-3)20(29-5)18(12-14)28-4)25-21(22-13)24-15-8-6-7-9-16(15)26-2/h6-12H,1-5H3,(H2,22,23,24,25). The van der Waals surface area contributed by atoms with Crippen molar-refractivity contribution < 1.29 is 18.9 Å². The summed E-state index contributed by atoms with van der Waals surface area (Å²) in [5, 5.41) is 6.46. The molecule has 8 nitrogen and oxygen atoms in total. The zero-order valence-corrected chi connectivity index (χ0v) is 17.1. The van der Waals surface area contributed by atoms with E-state index in [-0.39, 0.29) is 0 Å². The third-order valence-corrected chi connectivity index (χ3v) is 4.14. The number of hydrogen-bond donors (Lipinski definition) is 2. The Morgan fingerprint density at radius 1 is 0.724 bits per heavy atom. The van der Waals surface area contributed by atoms with E-state index in [0.717, 1.165) is 17.1 Å². The maximum atomic E-state index is 5.41. The number of nitrogens with one attached hydrogen (secondary N) is 2. The number of anilines is 4. The summed E-state index contributed by atoms with van der Waals surface area (Å²) in [7, 11) is 6.34. The Morgan fingerprint density at radius 2 is 1.38 bits per heavy atom. The molecule has 1 heterocycles. The third kappa shape index (κ3) is 4.60. The van der Waals surface area contributed by atoms with Crippen LogP contribution in [0, 0.1) is 6.92 Å². The number of methoxy groups -OCH3 is 4. The van der Waals surface area contributed by atoms with Crippen molar-refractivity contribution >= 4 is 23.1 Å². The van der Waals surface area contributed by atoms with Gasteiger partial charge < -0.3 is 29.6 Å². The molecule has 0 spiro atoms. The molecule has 0 aliphatic heterocycles. The number of benzene rings is 2. The van der Waals surface area contributed by atoms with Crippen LogP contribution in [0.1, 0.15) is 5.69 Å². The van der Waals surface area contributed by atoms with Gasteiger partial charge in [0.1, 0.15) is 11.6 Å². The summed E-state index contributed by atoms with van der Waals surface area (Å²) in [6, 6.07) is 13.0. The Morgan fingerprint density at radius 3 is 2.00 bits per heavy atom. The number of nitrogens with zero attached hydrogens (tertiary/aromatic N) is 2. The van der Waals surface area contributed by atoms with Gasteiger partial charge in [-0.25, -0.2) is 4.98 Å². The minimum absolute atomic E-state index is 0.449. The highest BCUT2D eigenvalue weighted by Gasteiger charge is 2.14. The van der Waals surface area contributed by atoms with E-state index in [1.54, 1.807) is 28.4 Å². The monoisotopic (exact) mass is 396 g/mol. The zero-order valence-electron chi connectivity index (χ0n) is 17.1. The molecule has 0 fully saturated rings. The molecule has 29 heavy (non-hydrogen) atoms.